The topological polar surface area (TPSA) is 67.4 Å². The molecule has 0 aromatic heterocycles. The Morgan fingerprint density at radius 2 is 1.48 bits per heavy atom. The van der Waals surface area contributed by atoms with Crippen molar-refractivity contribution in [2.45, 2.75) is 31.1 Å². The number of ether oxygens (including phenoxy) is 1. The summed E-state index contributed by atoms with van der Waals surface area (Å²) in [5.74, 6) is 0. The second kappa shape index (κ2) is 7.89. The summed E-state index contributed by atoms with van der Waals surface area (Å²) in [5, 5.41) is 3.19. The van der Waals surface area contributed by atoms with Crippen molar-refractivity contribution >= 4 is 21.4 Å². The Kier molecular flexibility index (Phi) is 6.08. The van der Waals surface area contributed by atoms with Gasteiger partial charge >= 0.3 is 0 Å². The van der Waals surface area contributed by atoms with E-state index in [1.807, 2.05) is 24.3 Å². The van der Waals surface area contributed by atoms with Crippen molar-refractivity contribution < 1.29 is 13.2 Å². The molecule has 0 amide bonds. The second-order valence-corrected chi connectivity index (χ2v) is 8.56. The molecule has 0 heterocycles. The fraction of sp³-hybridized carbons (Fsp3) is 0.368. The molecule has 136 valence electrons. The van der Waals surface area contributed by atoms with Crippen LogP contribution in [0.15, 0.2) is 53.4 Å². The van der Waals surface area contributed by atoms with Crippen LogP contribution in [0.1, 0.15) is 26.3 Å². The molecular weight excluding hydrogens is 336 g/mol. The number of anilines is 2. The summed E-state index contributed by atoms with van der Waals surface area (Å²) in [5.41, 5.74) is 2.52. The Hall–Kier alpha value is -2.05. The van der Waals surface area contributed by atoms with E-state index >= 15 is 0 Å². The average molecular weight is 362 g/mol. The van der Waals surface area contributed by atoms with Gasteiger partial charge in [-0.2, -0.15) is 0 Å². The molecule has 6 heteroatoms. The van der Waals surface area contributed by atoms with E-state index in [0.29, 0.717) is 18.8 Å². The maximum atomic E-state index is 12.5. The average Bonchev–Trinajstić information content (AvgIpc) is 2.56. The predicted octanol–water partition coefficient (Wildman–Crippen LogP) is 3.84. The minimum atomic E-state index is -3.60. The Labute approximate surface area is 150 Å². The highest BCUT2D eigenvalue weighted by Crippen LogP contribution is 2.24. The highest BCUT2D eigenvalue weighted by molar-refractivity contribution is 7.92. The summed E-state index contributed by atoms with van der Waals surface area (Å²) in [6.45, 7) is 7.59. The first kappa shape index (κ1) is 19.3. The van der Waals surface area contributed by atoms with Crippen LogP contribution in [0.4, 0.5) is 11.4 Å². The van der Waals surface area contributed by atoms with Crippen LogP contribution in [0.2, 0.25) is 0 Å². The van der Waals surface area contributed by atoms with Gasteiger partial charge in [0, 0.05) is 25.0 Å². The molecule has 2 N–H and O–H groups in total. The zero-order valence-corrected chi connectivity index (χ0v) is 16.0. The van der Waals surface area contributed by atoms with Crippen LogP contribution in [0.3, 0.4) is 0 Å². The number of benzene rings is 2. The van der Waals surface area contributed by atoms with Gasteiger partial charge < -0.3 is 10.1 Å². The van der Waals surface area contributed by atoms with E-state index < -0.39 is 10.0 Å². The lowest BCUT2D eigenvalue weighted by Crippen LogP contribution is -2.15. The molecule has 0 atom stereocenters. The van der Waals surface area contributed by atoms with Crippen LogP contribution >= 0.6 is 0 Å². The minimum Gasteiger partial charge on any atom is -0.383 e. The van der Waals surface area contributed by atoms with E-state index in [-0.39, 0.29) is 10.3 Å². The van der Waals surface area contributed by atoms with Gasteiger partial charge in [0.2, 0.25) is 0 Å². The van der Waals surface area contributed by atoms with Gasteiger partial charge in [-0.1, -0.05) is 32.9 Å². The predicted molar refractivity (Wildman–Crippen MR) is 103 cm³/mol. The molecule has 0 aliphatic rings. The van der Waals surface area contributed by atoms with Gasteiger partial charge in [0.15, 0.2) is 0 Å². The van der Waals surface area contributed by atoms with Crippen molar-refractivity contribution in [1.82, 2.24) is 0 Å². The number of methoxy groups -OCH3 is 1. The molecule has 2 aromatic rings. The summed E-state index contributed by atoms with van der Waals surface area (Å²) < 4.78 is 32.6. The lowest BCUT2D eigenvalue weighted by atomic mass is 9.87. The van der Waals surface area contributed by atoms with Gasteiger partial charge in [-0.15, -0.1) is 0 Å². The van der Waals surface area contributed by atoms with Crippen molar-refractivity contribution in [2.24, 2.45) is 0 Å². The Morgan fingerprint density at radius 1 is 0.920 bits per heavy atom. The van der Waals surface area contributed by atoms with E-state index in [0.717, 1.165) is 11.3 Å². The highest BCUT2D eigenvalue weighted by Gasteiger charge is 2.17. The molecular formula is C19H26N2O3S. The van der Waals surface area contributed by atoms with Crippen LogP contribution in [0, 0.1) is 0 Å². The lowest BCUT2D eigenvalue weighted by Gasteiger charge is -2.19. The second-order valence-electron chi connectivity index (χ2n) is 6.88. The van der Waals surface area contributed by atoms with Gasteiger partial charge in [-0.3, -0.25) is 4.72 Å². The van der Waals surface area contributed by atoms with E-state index in [1.54, 1.807) is 31.4 Å². The quantitative estimate of drug-likeness (QED) is 0.734. The first-order chi connectivity index (χ1) is 11.7. The summed E-state index contributed by atoms with van der Waals surface area (Å²) in [6.07, 6.45) is 0. The normalized spacial score (nSPS) is 12.0. The molecule has 0 radical (unpaired) electrons. The molecule has 2 aromatic carbocycles. The number of nitrogens with one attached hydrogen (secondary N) is 2. The van der Waals surface area contributed by atoms with Crippen LogP contribution in [0.5, 0.6) is 0 Å². The number of rotatable bonds is 7. The van der Waals surface area contributed by atoms with E-state index in [2.05, 4.69) is 30.8 Å². The van der Waals surface area contributed by atoms with Crippen LogP contribution in [-0.2, 0) is 20.2 Å². The van der Waals surface area contributed by atoms with Gasteiger partial charge in [0.05, 0.1) is 11.5 Å². The molecule has 25 heavy (non-hydrogen) atoms. The van der Waals surface area contributed by atoms with Crippen molar-refractivity contribution in [2.75, 3.05) is 30.3 Å². The smallest absolute Gasteiger partial charge is 0.261 e. The fourth-order valence-electron chi connectivity index (χ4n) is 2.30. The van der Waals surface area contributed by atoms with Gasteiger partial charge in [0.25, 0.3) is 10.0 Å². The van der Waals surface area contributed by atoms with Crippen molar-refractivity contribution in [1.29, 1.82) is 0 Å². The summed E-state index contributed by atoms with van der Waals surface area (Å²) in [4.78, 5) is 0.253. The van der Waals surface area contributed by atoms with Crippen LogP contribution in [0.25, 0.3) is 0 Å². The van der Waals surface area contributed by atoms with E-state index in [9.17, 15) is 8.42 Å². The maximum Gasteiger partial charge on any atom is 0.261 e. The Balaban J connectivity index is 2.08. The van der Waals surface area contributed by atoms with Crippen molar-refractivity contribution in [3.05, 3.63) is 54.1 Å². The Morgan fingerprint density at radius 3 is 2.00 bits per heavy atom. The van der Waals surface area contributed by atoms with Gasteiger partial charge in [0.1, 0.15) is 0 Å². The monoisotopic (exact) mass is 362 g/mol. The van der Waals surface area contributed by atoms with E-state index in [1.165, 1.54) is 0 Å². The van der Waals surface area contributed by atoms with E-state index in [4.69, 9.17) is 4.74 Å². The third-order valence-electron chi connectivity index (χ3n) is 3.80. The number of sulfonamides is 1. The molecule has 0 saturated carbocycles. The molecule has 0 spiro atoms. The highest BCUT2D eigenvalue weighted by atomic mass is 32.2. The van der Waals surface area contributed by atoms with Crippen molar-refractivity contribution in [3.63, 3.8) is 0 Å². The summed E-state index contributed by atoms with van der Waals surface area (Å²) in [6, 6.07) is 14.1. The first-order valence-corrected chi connectivity index (χ1v) is 9.67. The molecule has 2 rings (SSSR count). The molecule has 0 fully saturated rings. The minimum absolute atomic E-state index is 0.0125. The SMILES string of the molecule is COCCNc1ccc(NS(=O)(=O)c2ccc(C(C)(C)C)cc2)cc1. The molecule has 5 nitrogen and oxygen atoms in total. The first-order valence-electron chi connectivity index (χ1n) is 8.18. The Bertz CT molecular complexity index is 777. The number of hydrogen-bond acceptors (Lipinski definition) is 4. The molecule has 0 unspecified atom stereocenters. The molecule has 0 saturated heterocycles. The molecule has 0 aliphatic carbocycles. The lowest BCUT2D eigenvalue weighted by molar-refractivity contribution is 0.211. The summed E-state index contributed by atoms with van der Waals surface area (Å²) in [7, 11) is -1.95. The fourth-order valence-corrected chi connectivity index (χ4v) is 3.36. The third kappa shape index (κ3) is 5.47. The third-order valence-corrected chi connectivity index (χ3v) is 5.20. The maximum absolute atomic E-state index is 12.5. The van der Waals surface area contributed by atoms with Crippen molar-refractivity contribution in [3.8, 4) is 0 Å². The summed E-state index contributed by atoms with van der Waals surface area (Å²) >= 11 is 0. The van der Waals surface area contributed by atoms with Gasteiger partial charge in [-0.25, -0.2) is 8.42 Å². The molecule has 0 bridgehead atoms. The van der Waals surface area contributed by atoms with Crippen LogP contribution in [-0.4, -0.2) is 28.7 Å². The zero-order chi connectivity index (χ0) is 18.5. The van der Waals surface area contributed by atoms with Crippen LogP contribution < -0.4 is 10.0 Å². The number of hydrogen-bond donors (Lipinski definition) is 2. The largest absolute Gasteiger partial charge is 0.383 e. The zero-order valence-electron chi connectivity index (χ0n) is 15.2. The standard InChI is InChI=1S/C19H26N2O3S/c1-19(2,3)15-5-11-18(12-6-15)25(22,23)21-17-9-7-16(8-10-17)20-13-14-24-4/h5-12,20-21H,13-14H2,1-4H3. The molecule has 0 aliphatic heterocycles. The van der Waals surface area contributed by atoms with Gasteiger partial charge in [-0.05, 0) is 47.4 Å².